The Balaban J connectivity index is 0.00000144. The molecular formula is C12H17ClN2O2. The number of halogens is 1. The van der Waals surface area contributed by atoms with E-state index >= 15 is 0 Å². The number of amides is 1. The van der Waals surface area contributed by atoms with Crippen molar-refractivity contribution in [3.8, 4) is 0 Å². The highest BCUT2D eigenvalue weighted by atomic mass is 35.5. The third kappa shape index (κ3) is 3.91. The number of rotatable bonds is 4. The molecule has 94 valence electrons. The molecule has 0 bridgehead atoms. The van der Waals surface area contributed by atoms with Crippen LogP contribution in [0.2, 0.25) is 0 Å². The molecule has 1 aromatic carbocycles. The lowest BCUT2D eigenvalue weighted by Gasteiger charge is -2.10. The molecule has 0 radical (unpaired) electrons. The first-order chi connectivity index (χ1) is 7.66. The van der Waals surface area contributed by atoms with Crippen molar-refractivity contribution in [2.24, 2.45) is 5.92 Å². The van der Waals surface area contributed by atoms with Crippen LogP contribution >= 0.6 is 12.4 Å². The van der Waals surface area contributed by atoms with Crippen LogP contribution in [0.4, 0.5) is 5.69 Å². The second-order valence-corrected chi connectivity index (χ2v) is 4.24. The van der Waals surface area contributed by atoms with Crippen LogP contribution in [0.1, 0.15) is 23.2 Å². The normalized spacial score (nSPS) is 15.8. The van der Waals surface area contributed by atoms with E-state index in [1.807, 2.05) is 0 Å². The van der Waals surface area contributed by atoms with Crippen molar-refractivity contribution < 1.29 is 9.90 Å². The molecule has 0 aromatic heterocycles. The highest BCUT2D eigenvalue weighted by Crippen LogP contribution is 2.32. The Bertz CT molecular complexity index is 377. The van der Waals surface area contributed by atoms with Crippen molar-refractivity contribution in [2.45, 2.75) is 18.9 Å². The van der Waals surface area contributed by atoms with E-state index in [0.29, 0.717) is 23.7 Å². The number of carbonyl (C=O) groups is 1. The Kier molecular flexibility index (Phi) is 4.78. The van der Waals surface area contributed by atoms with Crippen molar-refractivity contribution in [3.05, 3.63) is 29.8 Å². The van der Waals surface area contributed by atoms with Crippen LogP contribution in [0.15, 0.2) is 24.3 Å². The van der Waals surface area contributed by atoms with Crippen LogP contribution < -0.4 is 11.1 Å². The molecule has 0 saturated heterocycles. The van der Waals surface area contributed by atoms with E-state index in [0.717, 1.165) is 12.8 Å². The quantitative estimate of drug-likeness (QED) is 0.709. The van der Waals surface area contributed by atoms with Gasteiger partial charge in [0.25, 0.3) is 5.91 Å². The Morgan fingerprint density at radius 3 is 2.53 bits per heavy atom. The summed E-state index contributed by atoms with van der Waals surface area (Å²) in [5.41, 5.74) is 6.73. The molecule has 4 nitrogen and oxygen atoms in total. The molecule has 5 heteroatoms. The number of benzene rings is 1. The molecule has 0 aliphatic heterocycles. The topological polar surface area (TPSA) is 75.4 Å². The SMILES string of the molecule is Cl.Nc1ccc(C(=O)NCC(O)C2CC2)cc1. The monoisotopic (exact) mass is 256 g/mol. The number of nitrogens with one attached hydrogen (secondary N) is 1. The first kappa shape index (κ1) is 13.8. The summed E-state index contributed by atoms with van der Waals surface area (Å²) >= 11 is 0. The lowest BCUT2D eigenvalue weighted by atomic mass is 10.2. The molecule has 1 aliphatic rings. The van der Waals surface area contributed by atoms with Gasteiger partial charge < -0.3 is 16.2 Å². The van der Waals surface area contributed by atoms with Crippen molar-refractivity contribution in [1.82, 2.24) is 5.32 Å². The standard InChI is InChI=1S/C12H16N2O2.ClH/c13-10-5-3-9(4-6-10)12(16)14-7-11(15)8-1-2-8;/h3-6,8,11,15H,1-2,7,13H2,(H,14,16);1H. The first-order valence-corrected chi connectivity index (χ1v) is 5.48. The van der Waals surface area contributed by atoms with E-state index in [9.17, 15) is 9.90 Å². The zero-order chi connectivity index (χ0) is 11.5. The van der Waals surface area contributed by atoms with Crippen LogP contribution in [0, 0.1) is 5.92 Å². The maximum absolute atomic E-state index is 11.6. The lowest BCUT2D eigenvalue weighted by Crippen LogP contribution is -2.33. The summed E-state index contributed by atoms with van der Waals surface area (Å²) in [6.45, 7) is 0.327. The Labute approximate surface area is 107 Å². The molecule has 1 fully saturated rings. The van der Waals surface area contributed by atoms with E-state index < -0.39 is 6.10 Å². The van der Waals surface area contributed by atoms with E-state index in [1.165, 1.54) is 0 Å². The molecule has 2 rings (SSSR count). The average molecular weight is 257 g/mol. The summed E-state index contributed by atoms with van der Waals surface area (Å²) in [7, 11) is 0. The third-order valence-electron chi connectivity index (χ3n) is 2.81. The molecule has 17 heavy (non-hydrogen) atoms. The van der Waals surface area contributed by atoms with Gasteiger partial charge in [0.2, 0.25) is 0 Å². The number of anilines is 1. The van der Waals surface area contributed by atoms with Gasteiger partial charge in [0.05, 0.1) is 6.10 Å². The van der Waals surface area contributed by atoms with Gasteiger partial charge in [-0.2, -0.15) is 0 Å². The Hall–Kier alpha value is -1.26. The summed E-state index contributed by atoms with van der Waals surface area (Å²) < 4.78 is 0. The largest absolute Gasteiger partial charge is 0.399 e. The second-order valence-electron chi connectivity index (χ2n) is 4.24. The van der Waals surface area contributed by atoms with Gasteiger partial charge in [0.15, 0.2) is 0 Å². The van der Waals surface area contributed by atoms with Crippen LogP contribution in [0.25, 0.3) is 0 Å². The number of aliphatic hydroxyl groups is 1. The summed E-state index contributed by atoms with van der Waals surface area (Å²) in [5.74, 6) is 0.214. The van der Waals surface area contributed by atoms with E-state index in [4.69, 9.17) is 5.73 Å². The number of nitrogens with two attached hydrogens (primary N) is 1. The van der Waals surface area contributed by atoms with E-state index in [-0.39, 0.29) is 18.3 Å². The lowest BCUT2D eigenvalue weighted by molar-refractivity contribution is 0.0901. The summed E-state index contributed by atoms with van der Waals surface area (Å²) in [4.78, 5) is 11.6. The molecule has 1 saturated carbocycles. The van der Waals surface area contributed by atoms with Gasteiger partial charge in [0, 0.05) is 17.8 Å². The van der Waals surface area contributed by atoms with Crippen molar-refractivity contribution in [3.63, 3.8) is 0 Å². The third-order valence-corrected chi connectivity index (χ3v) is 2.81. The molecule has 1 amide bonds. The number of hydrogen-bond donors (Lipinski definition) is 3. The number of nitrogen functional groups attached to an aromatic ring is 1. The van der Waals surface area contributed by atoms with E-state index in [2.05, 4.69) is 5.32 Å². The van der Waals surface area contributed by atoms with Gasteiger partial charge >= 0.3 is 0 Å². The smallest absolute Gasteiger partial charge is 0.251 e. The highest BCUT2D eigenvalue weighted by Gasteiger charge is 2.29. The second kappa shape index (κ2) is 5.89. The first-order valence-electron chi connectivity index (χ1n) is 5.48. The minimum Gasteiger partial charge on any atom is -0.399 e. The van der Waals surface area contributed by atoms with Gasteiger partial charge in [-0.25, -0.2) is 0 Å². The van der Waals surface area contributed by atoms with Gasteiger partial charge in [-0.1, -0.05) is 0 Å². The van der Waals surface area contributed by atoms with Gasteiger partial charge in [-0.3, -0.25) is 4.79 Å². The number of carbonyl (C=O) groups excluding carboxylic acids is 1. The van der Waals surface area contributed by atoms with E-state index in [1.54, 1.807) is 24.3 Å². The zero-order valence-corrected chi connectivity index (χ0v) is 10.2. The zero-order valence-electron chi connectivity index (χ0n) is 9.43. The van der Waals surface area contributed by atoms with Gasteiger partial charge in [0.1, 0.15) is 0 Å². The van der Waals surface area contributed by atoms with Crippen LogP contribution in [-0.2, 0) is 0 Å². The summed E-state index contributed by atoms with van der Waals surface area (Å²) in [5, 5.41) is 12.3. The molecule has 1 unspecified atom stereocenters. The molecular weight excluding hydrogens is 240 g/mol. The molecule has 1 aromatic rings. The maximum Gasteiger partial charge on any atom is 0.251 e. The Morgan fingerprint density at radius 2 is 2.00 bits per heavy atom. The molecule has 0 spiro atoms. The molecule has 4 N–H and O–H groups in total. The van der Waals surface area contributed by atoms with Gasteiger partial charge in [-0.05, 0) is 43.0 Å². The predicted octanol–water partition coefficient (Wildman–Crippen LogP) is 1.19. The minimum absolute atomic E-state index is 0. The fourth-order valence-corrected chi connectivity index (χ4v) is 1.58. The minimum atomic E-state index is -0.405. The summed E-state index contributed by atoms with van der Waals surface area (Å²) in [6.07, 6.45) is 1.73. The van der Waals surface area contributed by atoms with Crippen molar-refractivity contribution in [1.29, 1.82) is 0 Å². The maximum atomic E-state index is 11.6. The van der Waals surface area contributed by atoms with Crippen LogP contribution in [-0.4, -0.2) is 23.7 Å². The molecule has 1 atom stereocenters. The van der Waals surface area contributed by atoms with Crippen molar-refractivity contribution in [2.75, 3.05) is 12.3 Å². The fourth-order valence-electron chi connectivity index (χ4n) is 1.58. The van der Waals surface area contributed by atoms with Crippen LogP contribution in [0.5, 0.6) is 0 Å². The van der Waals surface area contributed by atoms with Gasteiger partial charge in [-0.15, -0.1) is 12.4 Å². The van der Waals surface area contributed by atoms with Crippen molar-refractivity contribution >= 4 is 24.0 Å². The van der Waals surface area contributed by atoms with Crippen LogP contribution in [0.3, 0.4) is 0 Å². The molecule has 0 heterocycles. The summed E-state index contributed by atoms with van der Waals surface area (Å²) in [6, 6.07) is 6.72. The average Bonchev–Trinajstić information content (AvgIpc) is 3.10. The Morgan fingerprint density at radius 1 is 1.41 bits per heavy atom. The highest BCUT2D eigenvalue weighted by molar-refractivity contribution is 5.94. The molecule has 1 aliphatic carbocycles. The fraction of sp³-hybridized carbons (Fsp3) is 0.417. The predicted molar refractivity (Wildman–Crippen MR) is 69.2 cm³/mol. The number of hydrogen-bond acceptors (Lipinski definition) is 3. The number of aliphatic hydroxyl groups excluding tert-OH is 1.